The molecule has 0 saturated carbocycles. The molecule has 2 amide bonds. The van der Waals surface area contributed by atoms with Crippen molar-refractivity contribution in [3.63, 3.8) is 0 Å². The second-order valence-electron chi connectivity index (χ2n) is 10.0. The van der Waals surface area contributed by atoms with E-state index in [-0.39, 0.29) is 11.8 Å². The third kappa shape index (κ3) is 3.73. The number of H-pyrrole nitrogens is 2. The largest absolute Gasteiger partial charge is 0.359 e. The minimum absolute atomic E-state index is 0.0718. The van der Waals surface area contributed by atoms with Gasteiger partial charge in [-0.1, -0.05) is 0 Å². The van der Waals surface area contributed by atoms with Crippen LogP contribution in [0.1, 0.15) is 38.5 Å². The van der Waals surface area contributed by atoms with E-state index in [1.807, 2.05) is 40.3 Å². The van der Waals surface area contributed by atoms with Crippen molar-refractivity contribution in [2.24, 2.45) is 0 Å². The fourth-order valence-corrected chi connectivity index (χ4v) is 5.83. The van der Waals surface area contributed by atoms with Gasteiger partial charge in [0.15, 0.2) is 5.82 Å². The molecule has 3 N–H and O–H groups in total. The Hall–Kier alpha value is -4.25. The summed E-state index contributed by atoms with van der Waals surface area (Å²) in [5.74, 6) is 0.701. The molecule has 0 radical (unpaired) electrons. The second-order valence-corrected chi connectivity index (χ2v) is 10.0. The van der Waals surface area contributed by atoms with Crippen molar-refractivity contribution in [2.45, 2.75) is 38.5 Å². The summed E-state index contributed by atoms with van der Waals surface area (Å²) < 4.78 is 0. The zero-order valence-electron chi connectivity index (χ0n) is 21.0. The number of nitrogens with zero attached hydrogens (tertiary/aromatic N) is 6. The van der Waals surface area contributed by atoms with E-state index in [4.69, 9.17) is 9.97 Å². The van der Waals surface area contributed by atoms with E-state index in [9.17, 15) is 9.59 Å². The fourth-order valence-electron chi connectivity index (χ4n) is 5.83. The Labute approximate surface area is 219 Å². The predicted octanol–water partition coefficient (Wildman–Crippen LogP) is 3.37. The molecule has 4 aromatic rings. The molecule has 11 nitrogen and oxygen atoms in total. The number of aromatic nitrogens is 5. The van der Waals surface area contributed by atoms with E-state index >= 15 is 0 Å². The van der Waals surface area contributed by atoms with Gasteiger partial charge >= 0.3 is 0 Å². The molecule has 3 fully saturated rings. The zero-order valence-corrected chi connectivity index (χ0v) is 21.0. The zero-order chi connectivity index (χ0) is 25.6. The highest BCUT2D eigenvalue weighted by atomic mass is 16.2. The van der Waals surface area contributed by atoms with Gasteiger partial charge < -0.3 is 19.8 Å². The molecule has 0 unspecified atom stereocenters. The van der Waals surface area contributed by atoms with Crippen LogP contribution in [0.25, 0.3) is 33.8 Å². The summed E-state index contributed by atoms with van der Waals surface area (Å²) in [4.78, 5) is 43.5. The minimum atomic E-state index is 0.0718. The SMILES string of the molecule is O=C1CCCCN1c1cc2nc(-c3ccc[nH]3)nc(-c3ccn[nH]3)c2c(N2CCCN2)c1N1CCCC1=O. The monoisotopic (exact) mass is 511 g/mol. The number of fused-ring (bicyclic) bond motifs is 1. The molecule has 0 aliphatic carbocycles. The minimum Gasteiger partial charge on any atom is -0.359 e. The molecule has 194 valence electrons. The molecule has 0 bridgehead atoms. The van der Waals surface area contributed by atoms with Crippen LogP contribution in [-0.4, -0.2) is 63.1 Å². The number of hydrogen-bond donors (Lipinski definition) is 3. The van der Waals surface area contributed by atoms with Crippen LogP contribution in [-0.2, 0) is 9.59 Å². The third-order valence-corrected chi connectivity index (χ3v) is 7.60. The third-order valence-electron chi connectivity index (χ3n) is 7.60. The van der Waals surface area contributed by atoms with Crippen LogP contribution < -0.4 is 20.2 Å². The maximum atomic E-state index is 13.3. The number of rotatable bonds is 5. The van der Waals surface area contributed by atoms with Gasteiger partial charge in [-0.3, -0.25) is 14.7 Å². The van der Waals surface area contributed by atoms with Gasteiger partial charge in [-0.25, -0.2) is 15.4 Å². The highest BCUT2D eigenvalue weighted by Gasteiger charge is 2.36. The lowest BCUT2D eigenvalue weighted by atomic mass is 10.0. The quantitative estimate of drug-likeness (QED) is 0.375. The van der Waals surface area contributed by atoms with Gasteiger partial charge in [0, 0.05) is 51.4 Å². The van der Waals surface area contributed by atoms with E-state index in [1.54, 1.807) is 6.20 Å². The summed E-state index contributed by atoms with van der Waals surface area (Å²) in [7, 11) is 0. The Kier molecular flexibility index (Phi) is 5.58. The number of nitrogens with one attached hydrogen (secondary N) is 3. The summed E-state index contributed by atoms with van der Waals surface area (Å²) in [6, 6.07) is 7.72. The molecule has 38 heavy (non-hydrogen) atoms. The summed E-state index contributed by atoms with van der Waals surface area (Å²) in [5, 5.41) is 10.2. The van der Waals surface area contributed by atoms with Crippen LogP contribution in [0.3, 0.4) is 0 Å². The molecular formula is C27H29N9O2. The molecule has 3 aliphatic rings. The summed E-state index contributed by atoms with van der Waals surface area (Å²) in [6.07, 6.45) is 8.09. The number of piperidine rings is 1. The normalized spacial score (nSPS) is 18.4. The number of amides is 2. The van der Waals surface area contributed by atoms with Crippen molar-refractivity contribution in [1.82, 2.24) is 30.6 Å². The maximum absolute atomic E-state index is 13.3. The first-order valence-electron chi connectivity index (χ1n) is 13.3. The smallest absolute Gasteiger partial charge is 0.227 e. The number of anilines is 3. The number of benzene rings is 1. The molecule has 1 aromatic carbocycles. The Morgan fingerprint density at radius 1 is 0.842 bits per heavy atom. The highest BCUT2D eigenvalue weighted by Crippen LogP contribution is 2.48. The van der Waals surface area contributed by atoms with Crippen molar-refractivity contribution < 1.29 is 9.59 Å². The Morgan fingerprint density at radius 2 is 1.71 bits per heavy atom. The number of carbonyl (C=O) groups excluding carboxylic acids is 2. The number of hydrazine groups is 1. The molecule has 3 saturated heterocycles. The summed E-state index contributed by atoms with van der Waals surface area (Å²) >= 11 is 0. The first kappa shape index (κ1) is 22.9. The topological polar surface area (TPSA) is 126 Å². The molecule has 11 heteroatoms. The van der Waals surface area contributed by atoms with Gasteiger partial charge in [-0.05, 0) is 49.9 Å². The predicted molar refractivity (Wildman–Crippen MR) is 145 cm³/mol. The van der Waals surface area contributed by atoms with Gasteiger partial charge in [0.05, 0.1) is 39.4 Å². The van der Waals surface area contributed by atoms with Gasteiger partial charge in [0.25, 0.3) is 0 Å². The lowest BCUT2D eigenvalue weighted by molar-refractivity contribution is -0.119. The van der Waals surface area contributed by atoms with Crippen molar-refractivity contribution in [2.75, 3.05) is 41.0 Å². The molecule has 3 aromatic heterocycles. The van der Waals surface area contributed by atoms with Crippen LogP contribution in [0.15, 0.2) is 36.7 Å². The summed E-state index contributed by atoms with van der Waals surface area (Å²) in [6.45, 7) is 2.82. The summed E-state index contributed by atoms with van der Waals surface area (Å²) in [5.41, 5.74) is 8.81. The first-order valence-corrected chi connectivity index (χ1v) is 13.3. The van der Waals surface area contributed by atoms with Crippen LogP contribution in [0.5, 0.6) is 0 Å². The average Bonchev–Trinajstić information content (AvgIpc) is 3.75. The number of carbonyl (C=O) groups is 2. The van der Waals surface area contributed by atoms with Crippen molar-refractivity contribution in [3.05, 3.63) is 36.7 Å². The van der Waals surface area contributed by atoms with Crippen molar-refractivity contribution in [3.8, 4) is 22.9 Å². The molecule has 7 rings (SSSR count). The Bertz CT molecular complexity index is 1510. The molecule has 6 heterocycles. The van der Waals surface area contributed by atoms with E-state index in [2.05, 4.69) is 25.6 Å². The van der Waals surface area contributed by atoms with E-state index < -0.39 is 0 Å². The van der Waals surface area contributed by atoms with Crippen LogP contribution in [0.2, 0.25) is 0 Å². The van der Waals surface area contributed by atoms with Crippen molar-refractivity contribution in [1.29, 1.82) is 0 Å². The van der Waals surface area contributed by atoms with Gasteiger partial charge in [-0.2, -0.15) is 5.10 Å². The van der Waals surface area contributed by atoms with E-state index in [1.165, 1.54) is 0 Å². The highest BCUT2D eigenvalue weighted by molar-refractivity contribution is 6.16. The Morgan fingerprint density at radius 3 is 2.42 bits per heavy atom. The fraction of sp³-hybridized carbons (Fsp3) is 0.370. The van der Waals surface area contributed by atoms with Crippen LogP contribution in [0.4, 0.5) is 17.1 Å². The molecule has 0 atom stereocenters. The molecule has 0 spiro atoms. The number of aromatic amines is 2. The van der Waals surface area contributed by atoms with E-state index in [0.29, 0.717) is 43.0 Å². The van der Waals surface area contributed by atoms with Gasteiger partial charge in [-0.15, -0.1) is 0 Å². The molecular weight excluding hydrogens is 482 g/mol. The molecule has 3 aliphatic heterocycles. The lowest BCUT2D eigenvalue weighted by Gasteiger charge is -2.35. The van der Waals surface area contributed by atoms with E-state index in [0.717, 1.165) is 72.6 Å². The average molecular weight is 512 g/mol. The standard InChI is InChI=1S/C27H29N9O2/c37-21-7-1-2-13-34(21)20-16-19-23(26(36-15-5-11-30-36)25(20)35-14-4-8-22(35)38)24(17-9-12-29-33-17)32-27(31-19)18-6-3-10-28-18/h3,6,9-10,12,16,28,30H,1-2,4-5,7-8,11,13-15H2,(H,29,33). The Balaban J connectivity index is 1.60. The van der Waals surface area contributed by atoms with Crippen molar-refractivity contribution >= 4 is 39.8 Å². The number of hydrogen-bond acceptors (Lipinski definition) is 7. The first-order chi connectivity index (χ1) is 18.7. The van der Waals surface area contributed by atoms with Crippen LogP contribution >= 0.6 is 0 Å². The van der Waals surface area contributed by atoms with Gasteiger partial charge in [0.2, 0.25) is 11.8 Å². The lowest BCUT2D eigenvalue weighted by Crippen LogP contribution is -2.39. The second kappa shape index (κ2) is 9.25. The maximum Gasteiger partial charge on any atom is 0.227 e. The van der Waals surface area contributed by atoms with Gasteiger partial charge in [0.1, 0.15) is 5.69 Å². The van der Waals surface area contributed by atoms with Crippen LogP contribution in [0, 0.1) is 0 Å².